The maximum absolute atomic E-state index is 12.7. The molecular weight excluding hydrogens is 306 g/mol. The van der Waals surface area contributed by atoms with Crippen LogP contribution in [0.3, 0.4) is 0 Å². The Balaban J connectivity index is 1.73. The van der Waals surface area contributed by atoms with Gasteiger partial charge < -0.3 is 15.0 Å². The van der Waals surface area contributed by atoms with E-state index in [1.54, 1.807) is 7.11 Å². The van der Waals surface area contributed by atoms with Gasteiger partial charge in [0.1, 0.15) is 12.2 Å². The molecule has 1 aromatic carbocycles. The number of H-pyrrole nitrogens is 1. The van der Waals surface area contributed by atoms with Crippen LogP contribution < -0.4 is 5.32 Å². The third-order valence-corrected chi connectivity index (χ3v) is 4.47. The third-order valence-electron chi connectivity index (χ3n) is 4.47. The van der Waals surface area contributed by atoms with Crippen LogP contribution in [0.15, 0.2) is 30.6 Å². The Morgan fingerprint density at radius 3 is 3.08 bits per heavy atom. The van der Waals surface area contributed by atoms with Crippen LogP contribution in [-0.4, -0.2) is 39.8 Å². The number of piperidine rings is 1. The van der Waals surface area contributed by atoms with Gasteiger partial charge in [0.25, 0.3) is 0 Å². The molecular formula is C17H23N5O2. The number of hydrogen-bond donors (Lipinski definition) is 2. The van der Waals surface area contributed by atoms with Gasteiger partial charge in [-0.1, -0.05) is 12.1 Å². The molecule has 7 heteroatoms. The average molecular weight is 329 g/mol. The highest BCUT2D eigenvalue weighted by Crippen LogP contribution is 2.29. The number of amides is 2. The molecule has 0 aliphatic carbocycles. The first-order chi connectivity index (χ1) is 11.7. The number of ether oxygens (including phenoxy) is 1. The third kappa shape index (κ3) is 3.56. The second-order valence-corrected chi connectivity index (χ2v) is 6.01. The zero-order valence-electron chi connectivity index (χ0n) is 14.0. The summed E-state index contributed by atoms with van der Waals surface area (Å²) in [6.07, 6.45) is 4.44. The number of rotatable bonds is 4. The van der Waals surface area contributed by atoms with Gasteiger partial charge in [0, 0.05) is 19.3 Å². The minimum atomic E-state index is -0.113. The molecule has 2 amide bonds. The predicted octanol–water partition coefficient (Wildman–Crippen LogP) is 3.27. The number of carbonyl (C=O) groups is 1. The number of nitrogens with one attached hydrogen (secondary N) is 2. The number of aromatic amines is 1. The second-order valence-electron chi connectivity index (χ2n) is 6.01. The number of aromatic nitrogens is 3. The van der Waals surface area contributed by atoms with Crippen molar-refractivity contribution in [3.05, 3.63) is 42.0 Å². The van der Waals surface area contributed by atoms with Gasteiger partial charge in [0.05, 0.1) is 12.1 Å². The molecule has 1 saturated heterocycles. The molecule has 1 aromatic heterocycles. The monoisotopic (exact) mass is 329 g/mol. The first kappa shape index (κ1) is 16.4. The fraction of sp³-hybridized carbons (Fsp3) is 0.471. The van der Waals surface area contributed by atoms with Crippen LogP contribution in [0.4, 0.5) is 10.5 Å². The Morgan fingerprint density at radius 1 is 1.46 bits per heavy atom. The Labute approximate surface area is 141 Å². The molecule has 0 spiro atoms. The quantitative estimate of drug-likeness (QED) is 0.902. The van der Waals surface area contributed by atoms with Crippen molar-refractivity contribution in [1.29, 1.82) is 0 Å². The lowest BCUT2D eigenvalue weighted by molar-refractivity contribution is 0.119. The molecule has 0 bridgehead atoms. The van der Waals surface area contributed by atoms with E-state index in [1.165, 1.54) is 6.33 Å². The van der Waals surface area contributed by atoms with Crippen LogP contribution in [0, 0.1) is 0 Å². The fourth-order valence-corrected chi connectivity index (χ4v) is 3.04. The molecule has 1 aliphatic rings. The molecule has 0 saturated carbocycles. The van der Waals surface area contributed by atoms with E-state index in [9.17, 15) is 4.79 Å². The Bertz CT molecular complexity index is 673. The SMILES string of the molecule is CO[C@@H](C)c1cccc(NC(=O)N2CCCC[C@H]2c2ncn[nH]2)c1. The molecule has 24 heavy (non-hydrogen) atoms. The zero-order chi connectivity index (χ0) is 16.9. The molecule has 2 atom stereocenters. The first-order valence-corrected chi connectivity index (χ1v) is 8.24. The highest BCUT2D eigenvalue weighted by atomic mass is 16.5. The summed E-state index contributed by atoms with van der Waals surface area (Å²) >= 11 is 0. The number of methoxy groups -OCH3 is 1. The average Bonchev–Trinajstić information content (AvgIpc) is 3.15. The van der Waals surface area contributed by atoms with Crippen molar-refractivity contribution in [2.45, 2.75) is 38.3 Å². The van der Waals surface area contributed by atoms with Crippen molar-refractivity contribution in [1.82, 2.24) is 20.1 Å². The number of anilines is 1. The lowest BCUT2D eigenvalue weighted by Crippen LogP contribution is -2.41. The molecule has 2 N–H and O–H groups in total. The van der Waals surface area contributed by atoms with Crippen LogP contribution >= 0.6 is 0 Å². The number of carbonyl (C=O) groups excluding carboxylic acids is 1. The van der Waals surface area contributed by atoms with Crippen molar-refractivity contribution < 1.29 is 9.53 Å². The minimum absolute atomic E-state index is 0.0150. The molecule has 0 radical (unpaired) electrons. The van der Waals surface area contributed by atoms with E-state index in [4.69, 9.17) is 4.74 Å². The Hall–Kier alpha value is -2.41. The van der Waals surface area contributed by atoms with E-state index < -0.39 is 0 Å². The van der Waals surface area contributed by atoms with E-state index in [-0.39, 0.29) is 18.2 Å². The summed E-state index contributed by atoms with van der Waals surface area (Å²) in [7, 11) is 1.67. The molecule has 2 aromatic rings. The first-order valence-electron chi connectivity index (χ1n) is 8.24. The second kappa shape index (κ2) is 7.44. The Kier molecular flexibility index (Phi) is 5.10. The molecule has 3 rings (SSSR count). The van der Waals surface area contributed by atoms with E-state index in [1.807, 2.05) is 36.1 Å². The van der Waals surface area contributed by atoms with Crippen LogP contribution in [0.5, 0.6) is 0 Å². The van der Waals surface area contributed by atoms with Gasteiger partial charge in [-0.15, -0.1) is 0 Å². The smallest absolute Gasteiger partial charge is 0.322 e. The van der Waals surface area contributed by atoms with Crippen LogP contribution in [0.25, 0.3) is 0 Å². The standard InChI is InChI=1S/C17H23N5O2/c1-12(24-2)13-6-5-7-14(10-13)20-17(23)22-9-4-3-8-15(22)16-18-11-19-21-16/h5-7,10-12,15H,3-4,8-9H2,1-2H3,(H,20,23)(H,18,19,21)/t12-,15-/m0/s1. The summed E-state index contributed by atoms with van der Waals surface area (Å²) in [5.41, 5.74) is 1.80. The summed E-state index contributed by atoms with van der Waals surface area (Å²) in [5.74, 6) is 0.742. The predicted molar refractivity (Wildman–Crippen MR) is 90.6 cm³/mol. The van der Waals surface area contributed by atoms with Gasteiger partial charge in [-0.3, -0.25) is 5.10 Å². The summed E-state index contributed by atoms with van der Waals surface area (Å²) < 4.78 is 5.34. The van der Waals surface area contributed by atoms with Gasteiger partial charge in [-0.2, -0.15) is 5.10 Å². The van der Waals surface area contributed by atoms with Crippen LogP contribution in [-0.2, 0) is 4.74 Å². The molecule has 7 nitrogen and oxygen atoms in total. The lowest BCUT2D eigenvalue weighted by atomic mass is 10.0. The highest BCUT2D eigenvalue weighted by molar-refractivity contribution is 5.89. The number of benzene rings is 1. The normalized spacial score (nSPS) is 19.1. The number of hydrogen-bond acceptors (Lipinski definition) is 4. The largest absolute Gasteiger partial charge is 0.377 e. The van der Waals surface area contributed by atoms with E-state index in [0.717, 1.165) is 36.3 Å². The van der Waals surface area contributed by atoms with E-state index in [0.29, 0.717) is 6.54 Å². The van der Waals surface area contributed by atoms with Gasteiger partial charge in [-0.25, -0.2) is 9.78 Å². The zero-order valence-corrected chi connectivity index (χ0v) is 14.0. The van der Waals surface area contributed by atoms with E-state index >= 15 is 0 Å². The van der Waals surface area contributed by atoms with Crippen molar-refractivity contribution in [2.75, 3.05) is 19.0 Å². The van der Waals surface area contributed by atoms with Crippen molar-refractivity contribution in [3.8, 4) is 0 Å². The van der Waals surface area contributed by atoms with Crippen molar-refractivity contribution in [3.63, 3.8) is 0 Å². The molecule has 0 unspecified atom stereocenters. The topological polar surface area (TPSA) is 83.1 Å². The summed E-state index contributed by atoms with van der Waals surface area (Å²) in [4.78, 5) is 18.8. The van der Waals surface area contributed by atoms with Gasteiger partial charge in [-0.05, 0) is 43.9 Å². The summed E-state index contributed by atoms with van der Waals surface area (Å²) in [5, 5.41) is 9.79. The molecule has 128 valence electrons. The van der Waals surface area contributed by atoms with Crippen LogP contribution in [0.2, 0.25) is 0 Å². The molecule has 2 heterocycles. The molecule has 1 aliphatic heterocycles. The molecule has 1 fully saturated rings. The van der Waals surface area contributed by atoms with Crippen molar-refractivity contribution >= 4 is 11.7 Å². The summed E-state index contributed by atoms with van der Waals surface area (Å²) in [6, 6.07) is 7.57. The minimum Gasteiger partial charge on any atom is -0.377 e. The number of nitrogens with zero attached hydrogens (tertiary/aromatic N) is 3. The van der Waals surface area contributed by atoms with Gasteiger partial charge in [0.2, 0.25) is 0 Å². The fourth-order valence-electron chi connectivity index (χ4n) is 3.04. The van der Waals surface area contributed by atoms with Crippen LogP contribution in [0.1, 0.15) is 49.7 Å². The van der Waals surface area contributed by atoms with Gasteiger partial charge in [0.15, 0.2) is 0 Å². The summed E-state index contributed by atoms with van der Waals surface area (Å²) in [6.45, 7) is 2.69. The van der Waals surface area contributed by atoms with Crippen molar-refractivity contribution in [2.24, 2.45) is 0 Å². The van der Waals surface area contributed by atoms with E-state index in [2.05, 4.69) is 20.5 Å². The highest BCUT2D eigenvalue weighted by Gasteiger charge is 2.30. The number of likely N-dealkylation sites (tertiary alicyclic amines) is 1. The maximum atomic E-state index is 12.7. The maximum Gasteiger partial charge on any atom is 0.322 e. The Morgan fingerprint density at radius 2 is 2.33 bits per heavy atom. The number of urea groups is 1. The lowest BCUT2D eigenvalue weighted by Gasteiger charge is -2.34. The van der Waals surface area contributed by atoms with Gasteiger partial charge >= 0.3 is 6.03 Å².